The Hall–Kier alpha value is -1.72. The van der Waals surface area contributed by atoms with Crippen LogP contribution in [0.15, 0.2) is 29.6 Å². The summed E-state index contributed by atoms with van der Waals surface area (Å²) in [6, 6.07) is 8.61. The first-order valence-electron chi connectivity index (χ1n) is 8.67. The summed E-state index contributed by atoms with van der Waals surface area (Å²) in [5.41, 5.74) is 8.76. The molecule has 0 saturated carbocycles. The fourth-order valence-electron chi connectivity index (χ4n) is 3.18. The number of aromatic nitrogens is 1. The summed E-state index contributed by atoms with van der Waals surface area (Å²) < 4.78 is 0. The van der Waals surface area contributed by atoms with Gasteiger partial charge in [-0.2, -0.15) is 0 Å². The number of piperidine rings is 1. The van der Waals surface area contributed by atoms with Crippen LogP contribution < -0.4 is 5.73 Å². The monoisotopic (exact) mass is 343 g/mol. The van der Waals surface area contributed by atoms with Gasteiger partial charge in [-0.1, -0.05) is 38.1 Å². The zero-order chi connectivity index (χ0) is 17.1. The van der Waals surface area contributed by atoms with Crippen molar-refractivity contribution in [1.29, 1.82) is 0 Å². The van der Waals surface area contributed by atoms with Crippen LogP contribution >= 0.6 is 11.3 Å². The van der Waals surface area contributed by atoms with Crippen LogP contribution in [-0.4, -0.2) is 34.9 Å². The first-order valence-corrected chi connectivity index (χ1v) is 9.55. The lowest BCUT2D eigenvalue weighted by Crippen LogP contribution is -2.47. The van der Waals surface area contributed by atoms with E-state index in [9.17, 15) is 4.79 Å². The molecule has 128 valence electrons. The second-order valence-electron chi connectivity index (χ2n) is 6.70. The number of nitrogens with zero attached hydrogens (tertiary/aromatic N) is 2. The Morgan fingerprint density at radius 3 is 2.75 bits per heavy atom. The van der Waals surface area contributed by atoms with Gasteiger partial charge >= 0.3 is 0 Å². The first kappa shape index (κ1) is 17.1. The zero-order valence-corrected chi connectivity index (χ0v) is 15.2. The van der Waals surface area contributed by atoms with Crippen molar-refractivity contribution in [3.05, 3.63) is 40.9 Å². The molecule has 2 aromatic rings. The Morgan fingerprint density at radius 2 is 2.08 bits per heavy atom. The number of likely N-dealkylation sites (tertiary alicyclic amines) is 1. The highest BCUT2D eigenvalue weighted by Gasteiger charge is 2.27. The largest absolute Gasteiger partial charge is 0.333 e. The molecular weight excluding hydrogens is 318 g/mol. The van der Waals surface area contributed by atoms with E-state index in [4.69, 9.17) is 5.73 Å². The van der Waals surface area contributed by atoms with Gasteiger partial charge < -0.3 is 10.6 Å². The summed E-state index contributed by atoms with van der Waals surface area (Å²) in [5.74, 6) is 0.534. The minimum Gasteiger partial charge on any atom is -0.333 e. The molecule has 0 aliphatic carbocycles. The predicted molar refractivity (Wildman–Crippen MR) is 99.4 cm³/mol. The van der Waals surface area contributed by atoms with E-state index in [1.54, 1.807) is 0 Å². The topological polar surface area (TPSA) is 59.2 Å². The molecule has 1 amide bonds. The van der Waals surface area contributed by atoms with E-state index in [2.05, 4.69) is 43.1 Å². The molecular formula is C19H25N3OS. The zero-order valence-electron chi connectivity index (χ0n) is 14.4. The Morgan fingerprint density at radius 1 is 1.33 bits per heavy atom. The molecule has 1 aromatic heterocycles. The predicted octanol–water partition coefficient (Wildman–Crippen LogP) is 3.89. The van der Waals surface area contributed by atoms with Crippen molar-refractivity contribution in [2.75, 3.05) is 13.1 Å². The van der Waals surface area contributed by atoms with Crippen LogP contribution in [0.2, 0.25) is 0 Å². The average molecular weight is 343 g/mol. The van der Waals surface area contributed by atoms with E-state index in [0.717, 1.165) is 36.4 Å². The molecule has 1 fully saturated rings. The molecule has 24 heavy (non-hydrogen) atoms. The molecule has 2 heterocycles. The van der Waals surface area contributed by atoms with Crippen LogP contribution in [-0.2, 0) is 0 Å². The Balaban J connectivity index is 1.78. The van der Waals surface area contributed by atoms with Crippen molar-refractivity contribution in [3.8, 4) is 10.6 Å². The number of nitrogens with two attached hydrogens (primary N) is 1. The fraction of sp³-hybridized carbons (Fsp3) is 0.474. The molecule has 4 nitrogen and oxygen atoms in total. The second-order valence-corrected chi connectivity index (χ2v) is 7.56. The number of hydrogen-bond donors (Lipinski definition) is 1. The van der Waals surface area contributed by atoms with Gasteiger partial charge in [0, 0.05) is 30.1 Å². The molecule has 0 bridgehead atoms. The fourth-order valence-corrected chi connectivity index (χ4v) is 3.98. The average Bonchev–Trinajstić information content (AvgIpc) is 3.11. The van der Waals surface area contributed by atoms with Gasteiger partial charge in [0.2, 0.25) is 0 Å². The van der Waals surface area contributed by atoms with Gasteiger partial charge in [0.25, 0.3) is 5.91 Å². The number of benzene rings is 1. The van der Waals surface area contributed by atoms with Crippen molar-refractivity contribution in [3.63, 3.8) is 0 Å². The smallest absolute Gasteiger partial charge is 0.273 e. The van der Waals surface area contributed by atoms with Crippen LogP contribution in [0.3, 0.4) is 0 Å². The first-order chi connectivity index (χ1) is 11.6. The molecule has 1 saturated heterocycles. The standard InChI is InChI=1S/C19H25N3OS/c1-13(2)14-6-8-15(9-7-14)18-21-17(12-24-18)19(23)22-10-4-3-5-16(22)11-20/h6-9,12-13,16H,3-5,10-11,20H2,1-2H3. The molecule has 5 heteroatoms. The number of thiazole rings is 1. The van der Waals surface area contributed by atoms with Crippen molar-refractivity contribution in [1.82, 2.24) is 9.88 Å². The van der Waals surface area contributed by atoms with Crippen LogP contribution in [0.4, 0.5) is 0 Å². The third kappa shape index (κ3) is 3.52. The van der Waals surface area contributed by atoms with Crippen LogP contribution in [0.1, 0.15) is 55.1 Å². The molecule has 3 rings (SSSR count). The molecule has 1 atom stereocenters. The van der Waals surface area contributed by atoms with E-state index < -0.39 is 0 Å². The summed E-state index contributed by atoms with van der Waals surface area (Å²) in [5, 5.41) is 2.77. The van der Waals surface area contributed by atoms with Crippen LogP contribution in [0.5, 0.6) is 0 Å². The lowest BCUT2D eigenvalue weighted by Gasteiger charge is -2.34. The minimum absolute atomic E-state index is 0.0199. The van der Waals surface area contributed by atoms with Crippen molar-refractivity contribution >= 4 is 17.2 Å². The van der Waals surface area contributed by atoms with Gasteiger partial charge in [-0.3, -0.25) is 4.79 Å². The van der Waals surface area contributed by atoms with E-state index in [1.165, 1.54) is 16.9 Å². The van der Waals surface area contributed by atoms with Gasteiger partial charge in [-0.05, 0) is 30.7 Å². The Labute approximate surface area is 147 Å². The molecule has 0 radical (unpaired) electrons. The number of carbonyl (C=O) groups is 1. The summed E-state index contributed by atoms with van der Waals surface area (Å²) in [4.78, 5) is 19.3. The maximum absolute atomic E-state index is 12.8. The van der Waals surface area contributed by atoms with E-state index >= 15 is 0 Å². The number of amides is 1. The van der Waals surface area contributed by atoms with Crippen molar-refractivity contribution < 1.29 is 4.79 Å². The summed E-state index contributed by atoms with van der Waals surface area (Å²) >= 11 is 1.53. The van der Waals surface area contributed by atoms with Gasteiger partial charge in [0.15, 0.2) is 0 Å². The second kappa shape index (κ2) is 7.45. The maximum atomic E-state index is 12.8. The number of rotatable bonds is 4. The van der Waals surface area contributed by atoms with Gasteiger partial charge in [0.05, 0.1) is 0 Å². The lowest BCUT2D eigenvalue weighted by atomic mass is 10.0. The Kier molecular flexibility index (Phi) is 5.31. The SMILES string of the molecule is CC(C)c1ccc(-c2nc(C(=O)N3CCCCC3CN)cs2)cc1. The van der Waals surface area contributed by atoms with E-state index in [0.29, 0.717) is 18.2 Å². The number of carbonyl (C=O) groups excluding carboxylic acids is 1. The van der Waals surface area contributed by atoms with E-state index in [-0.39, 0.29) is 11.9 Å². The summed E-state index contributed by atoms with van der Waals surface area (Å²) in [6.45, 7) is 5.68. The highest BCUT2D eigenvalue weighted by atomic mass is 32.1. The van der Waals surface area contributed by atoms with Crippen molar-refractivity contribution in [2.24, 2.45) is 5.73 Å². The van der Waals surface area contributed by atoms with Crippen molar-refractivity contribution in [2.45, 2.75) is 45.1 Å². The molecule has 1 aliphatic heterocycles. The number of hydrogen-bond acceptors (Lipinski definition) is 4. The normalized spacial score (nSPS) is 18.2. The molecule has 2 N–H and O–H groups in total. The summed E-state index contributed by atoms with van der Waals surface area (Å²) in [6.07, 6.45) is 3.20. The van der Waals surface area contributed by atoms with Gasteiger partial charge in [0.1, 0.15) is 10.7 Å². The molecule has 1 unspecified atom stereocenters. The molecule has 1 aromatic carbocycles. The molecule has 0 spiro atoms. The van der Waals surface area contributed by atoms with E-state index in [1.807, 2.05) is 10.3 Å². The Bertz CT molecular complexity index is 693. The van der Waals surface area contributed by atoms with Crippen LogP contribution in [0.25, 0.3) is 10.6 Å². The summed E-state index contributed by atoms with van der Waals surface area (Å²) in [7, 11) is 0. The third-order valence-electron chi connectivity index (χ3n) is 4.71. The third-order valence-corrected chi connectivity index (χ3v) is 5.60. The highest BCUT2D eigenvalue weighted by molar-refractivity contribution is 7.13. The minimum atomic E-state index is 0.0199. The maximum Gasteiger partial charge on any atom is 0.273 e. The van der Waals surface area contributed by atoms with Crippen LogP contribution in [0, 0.1) is 0 Å². The quantitative estimate of drug-likeness (QED) is 0.916. The van der Waals surface area contributed by atoms with Gasteiger partial charge in [-0.15, -0.1) is 11.3 Å². The highest BCUT2D eigenvalue weighted by Crippen LogP contribution is 2.27. The molecule has 1 aliphatic rings. The lowest BCUT2D eigenvalue weighted by molar-refractivity contribution is 0.0618. The van der Waals surface area contributed by atoms with Gasteiger partial charge in [-0.25, -0.2) is 4.98 Å².